The second-order valence-electron chi connectivity index (χ2n) is 10.1. The number of amides is 1. The Hall–Kier alpha value is -3.69. The minimum absolute atomic E-state index is 0.0300. The van der Waals surface area contributed by atoms with Gasteiger partial charge >= 0.3 is 6.09 Å². The van der Waals surface area contributed by atoms with Gasteiger partial charge in [0.15, 0.2) is 0 Å². The van der Waals surface area contributed by atoms with Gasteiger partial charge in [0.25, 0.3) is 5.56 Å². The number of piperidine rings is 1. The maximum absolute atomic E-state index is 12.9. The molecule has 2 fully saturated rings. The summed E-state index contributed by atoms with van der Waals surface area (Å²) in [5, 5.41) is 12.9. The molecule has 38 heavy (non-hydrogen) atoms. The molecule has 1 aliphatic carbocycles. The van der Waals surface area contributed by atoms with E-state index in [1.807, 2.05) is 16.4 Å². The van der Waals surface area contributed by atoms with Crippen LogP contribution in [0.2, 0.25) is 0 Å². The average Bonchev–Trinajstić information content (AvgIpc) is 3.67. The number of benzene rings is 1. The summed E-state index contributed by atoms with van der Waals surface area (Å²) >= 11 is 0. The van der Waals surface area contributed by atoms with Crippen LogP contribution in [0.25, 0.3) is 0 Å². The van der Waals surface area contributed by atoms with Crippen molar-refractivity contribution in [3.8, 4) is 6.07 Å². The smallest absolute Gasteiger partial charge is 0.409 e. The molecule has 1 saturated heterocycles. The van der Waals surface area contributed by atoms with Crippen molar-refractivity contribution in [2.24, 2.45) is 16.6 Å². The molecular formula is C26H31N7O4S. The van der Waals surface area contributed by atoms with Crippen LogP contribution >= 0.6 is 0 Å². The molecule has 2 aliphatic heterocycles. The number of aliphatic imine (C=N–C) groups is 1. The topological polar surface area (TPSA) is 157 Å². The Morgan fingerprint density at radius 2 is 2.11 bits per heavy atom. The molecule has 0 spiro atoms. The van der Waals surface area contributed by atoms with E-state index in [0.717, 1.165) is 17.0 Å². The number of fused-ring (bicyclic) bond motifs is 1. The van der Waals surface area contributed by atoms with E-state index in [2.05, 4.69) is 21.4 Å². The SMILES string of the molecule is COC(=O)N1CCC(CC#N)(Nc2cc[nH]c(=O)c2C(N)=Nc2ccc3c(c2)CN(CC2CC2)S3=O)CC1. The van der Waals surface area contributed by atoms with Gasteiger partial charge in [-0.2, -0.15) is 5.26 Å². The van der Waals surface area contributed by atoms with Gasteiger partial charge in [0.2, 0.25) is 0 Å². The quantitative estimate of drug-likeness (QED) is 0.362. The van der Waals surface area contributed by atoms with Crippen LogP contribution < -0.4 is 16.6 Å². The Bertz CT molecular complexity index is 1390. The van der Waals surface area contributed by atoms with Gasteiger partial charge in [-0.3, -0.25) is 4.79 Å². The van der Waals surface area contributed by atoms with Crippen LogP contribution in [0.1, 0.15) is 43.2 Å². The second kappa shape index (κ2) is 10.6. The minimum Gasteiger partial charge on any atom is -0.453 e. The molecule has 0 bridgehead atoms. The number of ether oxygens (including phenoxy) is 1. The van der Waals surface area contributed by atoms with Gasteiger partial charge in [-0.05, 0) is 61.4 Å². The highest BCUT2D eigenvalue weighted by Gasteiger charge is 2.37. The Morgan fingerprint density at radius 1 is 1.34 bits per heavy atom. The fourth-order valence-corrected chi connectivity index (χ4v) is 6.51. The number of nitriles is 1. The number of aromatic nitrogens is 1. The minimum atomic E-state index is -1.17. The largest absolute Gasteiger partial charge is 0.453 e. The van der Waals surface area contributed by atoms with Crippen LogP contribution in [-0.4, -0.2) is 62.6 Å². The number of rotatable bonds is 7. The van der Waals surface area contributed by atoms with Crippen LogP contribution in [0.3, 0.4) is 0 Å². The first-order valence-electron chi connectivity index (χ1n) is 12.7. The molecule has 4 N–H and O–H groups in total. The Labute approximate surface area is 223 Å². The first-order valence-corrected chi connectivity index (χ1v) is 13.8. The third-order valence-electron chi connectivity index (χ3n) is 7.41. The predicted molar refractivity (Wildman–Crippen MR) is 143 cm³/mol. The van der Waals surface area contributed by atoms with Gasteiger partial charge in [-0.25, -0.2) is 18.3 Å². The monoisotopic (exact) mass is 537 g/mol. The third kappa shape index (κ3) is 5.30. The lowest BCUT2D eigenvalue weighted by Gasteiger charge is -2.41. The molecule has 200 valence electrons. The highest BCUT2D eigenvalue weighted by molar-refractivity contribution is 7.83. The van der Waals surface area contributed by atoms with E-state index in [0.29, 0.717) is 49.8 Å². The summed E-state index contributed by atoms with van der Waals surface area (Å²) in [6, 6.07) is 9.38. The molecule has 2 aromatic rings. The number of anilines is 1. The van der Waals surface area contributed by atoms with Gasteiger partial charge in [-0.15, -0.1) is 0 Å². The molecule has 1 amide bonds. The molecule has 1 aromatic heterocycles. The first kappa shape index (κ1) is 25.9. The lowest BCUT2D eigenvalue weighted by molar-refractivity contribution is 0.104. The molecule has 1 saturated carbocycles. The van der Waals surface area contributed by atoms with E-state index >= 15 is 0 Å². The van der Waals surface area contributed by atoms with Gasteiger partial charge in [0, 0.05) is 32.4 Å². The predicted octanol–water partition coefficient (Wildman–Crippen LogP) is 2.59. The average molecular weight is 538 g/mol. The van der Waals surface area contributed by atoms with Crippen LogP contribution in [0.5, 0.6) is 0 Å². The zero-order valence-electron chi connectivity index (χ0n) is 21.2. The van der Waals surface area contributed by atoms with E-state index < -0.39 is 28.2 Å². The van der Waals surface area contributed by atoms with Crippen molar-refractivity contribution < 1.29 is 13.7 Å². The van der Waals surface area contributed by atoms with Crippen molar-refractivity contribution in [2.75, 3.05) is 32.1 Å². The first-order chi connectivity index (χ1) is 18.3. The molecule has 11 nitrogen and oxygen atoms in total. The zero-order chi connectivity index (χ0) is 26.9. The number of nitrogens with one attached hydrogen (secondary N) is 2. The summed E-state index contributed by atoms with van der Waals surface area (Å²) in [7, 11) is 0.172. The second-order valence-corrected chi connectivity index (χ2v) is 11.6. The number of carbonyl (C=O) groups is 1. The standard InChI is InChI=1S/C26H31N7O4S/c1-37-25(35)32-12-8-26(7-10-27,9-13-32)31-20-6-11-29-24(34)22(20)23(28)30-19-4-5-21-18(14-19)16-33(38(21)36)15-17-2-3-17/h4-6,11,14,17H,2-3,7-9,12-13,15-16H2,1H3,(H2,28,30)(H2,29,31,34). The lowest BCUT2D eigenvalue weighted by atomic mass is 9.84. The number of carbonyl (C=O) groups excluding carboxylic acids is 1. The molecular weight excluding hydrogens is 506 g/mol. The summed E-state index contributed by atoms with van der Waals surface area (Å²) in [4.78, 5) is 34.4. The van der Waals surface area contributed by atoms with E-state index in [4.69, 9.17) is 10.5 Å². The molecule has 1 aromatic carbocycles. The van der Waals surface area contributed by atoms with E-state index in [1.54, 1.807) is 17.0 Å². The third-order valence-corrected chi connectivity index (χ3v) is 8.93. The van der Waals surface area contributed by atoms with Gasteiger partial charge in [-0.1, -0.05) is 0 Å². The normalized spacial score (nSPS) is 21.0. The summed E-state index contributed by atoms with van der Waals surface area (Å²) < 4.78 is 19.6. The number of nitrogens with two attached hydrogens (primary N) is 1. The summed E-state index contributed by atoms with van der Waals surface area (Å²) in [5.74, 6) is 0.663. The molecule has 12 heteroatoms. The number of H-pyrrole nitrogens is 1. The fraction of sp³-hybridized carbons (Fsp3) is 0.462. The molecule has 0 radical (unpaired) electrons. The molecule has 3 heterocycles. The number of pyridine rings is 1. The molecule has 3 aliphatic rings. The van der Waals surface area contributed by atoms with Crippen LogP contribution in [0.15, 0.2) is 45.1 Å². The summed E-state index contributed by atoms with van der Waals surface area (Å²) in [6.45, 7) is 2.26. The van der Waals surface area contributed by atoms with Crippen molar-refractivity contribution >= 4 is 34.3 Å². The van der Waals surface area contributed by atoms with Crippen LogP contribution in [0.4, 0.5) is 16.2 Å². The Morgan fingerprint density at radius 3 is 2.79 bits per heavy atom. The van der Waals surface area contributed by atoms with Crippen molar-refractivity contribution in [2.45, 2.75) is 49.1 Å². The maximum atomic E-state index is 12.9. The summed E-state index contributed by atoms with van der Waals surface area (Å²) in [5.41, 5.74) is 7.50. The number of methoxy groups -OCH3 is 1. The van der Waals surface area contributed by atoms with Gasteiger partial charge < -0.3 is 25.7 Å². The fourth-order valence-electron chi connectivity index (χ4n) is 5.10. The highest BCUT2D eigenvalue weighted by atomic mass is 32.2. The van der Waals surface area contributed by atoms with Crippen LogP contribution in [0, 0.1) is 17.2 Å². The zero-order valence-corrected chi connectivity index (χ0v) is 22.1. The van der Waals surface area contributed by atoms with Gasteiger partial charge in [0.1, 0.15) is 22.4 Å². The van der Waals surface area contributed by atoms with Crippen molar-refractivity contribution in [3.63, 3.8) is 0 Å². The van der Waals surface area contributed by atoms with E-state index in [9.17, 15) is 19.1 Å². The van der Waals surface area contributed by atoms with Crippen molar-refractivity contribution in [3.05, 3.63) is 51.9 Å². The summed E-state index contributed by atoms with van der Waals surface area (Å²) in [6.07, 6.45) is 4.68. The Kier molecular flexibility index (Phi) is 7.23. The maximum Gasteiger partial charge on any atom is 0.409 e. The number of hydrogen-bond acceptors (Lipinski definition) is 7. The number of likely N-dealkylation sites (tertiary alicyclic amines) is 1. The lowest BCUT2D eigenvalue weighted by Crippen LogP contribution is -2.51. The van der Waals surface area contributed by atoms with Gasteiger partial charge in [0.05, 0.1) is 41.4 Å². The number of amidine groups is 1. The van der Waals surface area contributed by atoms with E-state index in [1.165, 1.54) is 26.1 Å². The van der Waals surface area contributed by atoms with Crippen LogP contribution in [-0.2, 0) is 22.3 Å². The number of aromatic amines is 1. The van der Waals surface area contributed by atoms with E-state index in [-0.39, 0.29) is 17.8 Å². The molecule has 1 unspecified atom stereocenters. The number of nitrogens with zero attached hydrogens (tertiary/aromatic N) is 4. The van der Waals surface area contributed by atoms with Crippen molar-refractivity contribution in [1.82, 2.24) is 14.2 Å². The van der Waals surface area contributed by atoms with Crippen molar-refractivity contribution in [1.29, 1.82) is 5.26 Å². The number of hydrogen-bond donors (Lipinski definition) is 3. The molecule has 1 atom stereocenters. The molecule has 5 rings (SSSR count). The highest BCUT2D eigenvalue weighted by Crippen LogP contribution is 2.36. The Balaban J connectivity index is 1.39.